The van der Waals surface area contributed by atoms with Crippen LogP contribution < -0.4 is 10.5 Å². The van der Waals surface area contributed by atoms with E-state index in [1.807, 2.05) is 0 Å². The van der Waals surface area contributed by atoms with E-state index in [1.165, 1.54) is 24.3 Å². The van der Waals surface area contributed by atoms with Crippen molar-refractivity contribution in [1.29, 1.82) is 0 Å². The molecule has 0 bridgehead atoms. The molecule has 0 saturated carbocycles. The van der Waals surface area contributed by atoms with Gasteiger partial charge in [0.1, 0.15) is 23.1 Å². The van der Waals surface area contributed by atoms with E-state index in [-0.39, 0.29) is 17.7 Å². The van der Waals surface area contributed by atoms with E-state index in [0.717, 1.165) is 0 Å². The van der Waals surface area contributed by atoms with Crippen molar-refractivity contribution < 1.29 is 13.5 Å². The SMILES string of the molecule is Cc1cc(Oc2ccc(F)c(Br)c2)c([C@@H](C)N)cc1F. The third-order valence-corrected chi connectivity index (χ3v) is 3.51. The van der Waals surface area contributed by atoms with E-state index >= 15 is 0 Å². The second-order valence-electron chi connectivity index (χ2n) is 4.61. The molecule has 5 heteroatoms. The van der Waals surface area contributed by atoms with Crippen LogP contribution in [-0.4, -0.2) is 0 Å². The first-order valence-electron chi connectivity index (χ1n) is 6.07. The maximum atomic E-state index is 13.6. The summed E-state index contributed by atoms with van der Waals surface area (Å²) in [5.74, 6) is 0.216. The third-order valence-electron chi connectivity index (χ3n) is 2.90. The molecular formula is C15H14BrF2NO. The summed E-state index contributed by atoms with van der Waals surface area (Å²) in [5.41, 5.74) is 6.85. The average molecular weight is 342 g/mol. The fraction of sp³-hybridized carbons (Fsp3) is 0.200. The highest BCUT2D eigenvalue weighted by Gasteiger charge is 2.13. The van der Waals surface area contributed by atoms with Crippen molar-refractivity contribution in [3.8, 4) is 11.5 Å². The van der Waals surface area contributed by atoms with E-state index in [9.17, 15) is 8.78 Å². The van der Waals surface area contributed by atoms with Gasteiger partial charge in [0.25, 0.3) is 0 Å². The molecule has 0 spiro atoms. The number of halogens is 3. The Bertz CT molecular complexity index is 644. The van der Waals surface area contributed by atoms with Gasteiger partial charge in [0.2, 0.25) is 0 Å². The third kappa shape index (κ3) is 3.16. The van der Waals surface area contributed by atoms with Crippen LogP contribution in [0.25, 0.3) is 0 Å². The Balaban J connectivity index is 2.41. The number of hydrogen-bond donors (Lipinski definition) is 1. The molecule has 2 rings (SSSR count). The molecule has 0 aliphatic rings. The molecular weight excluding hydrogens is 328 g/mol. The van der Waals surface area contributed by atoms with Gasteiger partial charge in [-0.3, -0.25) is 0 Å². The van der Waals surface area contributed by atoms with Crippen LogP contribution in [0.15, 0.2) is 34.8 Å². The normalized spacial score (nSPS) is 12.3. The van der Waals surface area contributed by atoms with Crippen molar-refractivity contribution in [3.63, 3.8) is 0 Å². The summed E-state index contributed by atoms with van der Waals surface area (Å²) < 4.78 is 32.8. The van der Waals surface area contributed by atoms with E-state index in [1.54, 1.807) is 19.9 Å². The molecule has 2 aromatic carbocycles. The molecule has 20 heavy (non-hydrogen) atoms. The van der Waals surface area contributed by atoms with Gasteiger partial charge >= 0.3 is 0 Å². The minimum atomic E-state index is -0.375. The van der Waals surface area contributed by atoms with Crippen LogP contribution in [0.4, 0.5) is 8.78 Å². The van der Waals surface area contributed by atoms with Gasteiger partial charge in [-0.1, -0.05) is 0 Å². The molecule has 106 valence electrons. The van der Waals surface area contributed by atoms with Gasteiger partial charge in [0.15, 0.2) is 0 Å². The summed E-state index contributed by atoms with van der Waals surface area (Å²) in [5, 5.41) is 0. The highest BCUT2D eigenvalue weighted by atomic mass is 79.9. The lowest BCUT2D eigenvalue weighted by atomic mass is 10.1. The molecule has 2 aromatic rings. The molecule has 1 atom stereocenters. The van der Waals surface area contributed by atoms with Crippen molar-refractivity contribution in [2.75, 3.05) is 0 Å². The zero-order valence-corrected chi connectivity index (χ0v) is 12.7. The summed E-state index contributed by atoms with van der Waals surface area (Å²) in [6.45, 7) is 3.39. The summed E-state index contributed by atoms with van der Waals surface area (Å²) in [7, 11) is 0. The topological polar surface area (TPSA) is 35.2 Å². The Kier molecular flexibility index (Phi) is 4.40. The van der Waals surface area contributed by atoms with Gasteiger partial charge < -0.3 is 10.5 Å². The van der Waals surface area contributed by atoms with E-state index in [4.69, 9.17) is 10.5 Å². The first-order valence-corrected chi connectivity index (χ1v) is 6.86. The average Bonchev–Trinajstić information content (AvgIpc) is 2.37. The molecule has 0 saturated heterocycles. The van der Waals surface area contributed by atoms with Gasteiger partial charge in [-0.05, 0) is 65.7 Å². The van der Waals surface area contributed by atoms with Crippen molar-refractivity contribution in [2.24, 2.45) is 5.73 Å². The zero-order valence-electron chi connectivity index (χ0n) is 11.1. The van der Waals surface area contributed by atoms with Crippen LogP contribution in [0.3, 0.4) is 0 Å². The highest BCUT2D eigenvalue weighted by molar-refractivity contribution is 9.10. The molecule has 0 unspecified atom stereocenters. The molecule has 2 nitrogen and oxygen atoms in total. The fourth-order valence-electron chi connectivity index (χ4n) is 1.78. The number of nitrogens with two attached hydrogens (primary N) is 1. The van der Waals surface area contributed by atoms with Gasteiger partial charge in [-0.2, -0.15) is 0 Å². The Hall–Kier alpha value is -1.46. The maximum absolute atomic E-state index is 13.6. The van der Waals surface area contributed by atoms with Crippen LogP contribution in [0.1, 0.15) is 24.1 Å². The molecule has 0 fully saturated rings. The van der Waals surface area contributed by atoms with Crippen molar-refractivity contribution in [3.05, 3.63) is 57.6 Å². The Morgan fingerprint density at radius 3 is 2.45 bits per heavy atom. The number of rotatable bonds is 3. The second-order valence-corrected chi connectivity index (χ2v) is 5.46. The monoisotopic (exact) mass is 341 g/mol. The van der Waals surface area contributed by atoms with E-state index < -0.39 is 0 Å². The van der Waals surface area contributed by atoms with Crippen LogP contribution in [0.2, 0.25) is 0 Å². The number of aryl methyl sites for hydroxylation is 1. The van der Waals surface area contributed by atoms with Gasteiger partial charge in [-0.25, -0.2) is 8.78 Å². The van der Waals surface area contributed by atoms with Crippen LogP contribution in [-0.2, 0) is 0 Å². The van der Waals surface area contributed by atoms with Crippen molar-refractivity contribution >= 4 is 15.9 Å². The number of hydrogen-bond acceptors (Lipinski definition) is 2. The number of benzene rings is 2. The maximum Gasteiger partial charge on any atom is 0.137 e. The van der Waals surface area contributed by atoms with Gasteiger partial charge in [0.05, 0.1) is 4.47 Å². The van der Waals surface area contributed by atoms with E-state index in [2.05, 4.69) is 15.9 Å². The Morgan fingerprint density at radius 2 is 1.85 bits per heavy atom. The van der Waals surface area contributed by atoms with Gasteiger partial charge in [-0.15, -0.1) is 0 Å². The van der Waals surface area contributed by atoms with E-state index in [0.29, 0.717) is 27.1 Å². The fourth-order valence-corrected chi connectivity index (χ4v) is 2.14. The predicted octanol–water partition coefficient (Wildman–Crippen LogP) is 4.85. The summed E-state index contributed by atoms with van der Waals surface area (Å²) in [6.07, 6.45) is 0. The highest BCUT2D eigenvalue weighted by Crippen LogP contribution is 2.32. The second kappa shape index (κ2) is 5.89. The zero-order chi connectivity index (χ0) is 14.9. The lowest BCUT2D eigenvalue weighted by Crippen LogP contribution is -2.08. The Labute approximate surface area is 124 Å². The summed E-state index contributed by atoms with van der Waals surface area (Å²) >= 11 is 3.09. The molecule has 0 aromatic heterocycles. The summed E-state index contributed by atoms with van der Waals surface area (Å²) in [4.78, 5) is 0. The minimum Gasteiger partial charge on any atom is -0.457 e. The lowest BCUT2D eigenvalue weighted by Gasteiger charge is -2.15. The van der Waals surface area contributed by atoms with Crippen LogP contribution in [0.5, 0.6) is 11.5 Å². The molecule has 0 aliphatic carbocycles. The quantitative estimate of drug-likeness (QED) is 0.866. The molecule has 0 radical (unpaired) electrons. The van der Waals surface area contributed by atoms with Crippen LogP contribution >= 0.6 is 15.9 Å². The molecule has 0 amide bonds. The summed E-state index contributed by atoms with van der Waals surface area (Å²) in [6, 6.07) is 6.90. The molecule has 0 aliphatic heterocycles. The van der Waals surface area contributed by atoms with Crippen molar-refractivity contribution in [2.45, 2.75) is 19.9 Å². The smallest absolute Gasteiger partial charge is 0.137 e. The minimum absolute atomic E-state index is 0.302. The van der Waals surface area contributed by atoms with Crippen LogP contribution in [0, 0.1) is 18.6 Å². The number of ether oxygens (including phenoxy) is 1. The Morgan fingerprint density at radius 1 is 1.15 bits per heavy atom. The largest absolute Gasteiger partial charge is 0.457 e. The van der Waals surface area contributed by atoms with Gasteiger partial charge in [0, 0.05) is 11.6 Å². The molecule has 0 heterocycles. The first-order chi connectivity index (χ1) is 9.38. The lowest BCUT2D eigenvalue weighted by molar-refractivity contribution is 0.466. The van der Waals surface area contributed by atoms with Crippen molar-refractivity contribution in [1.82, 2.24) is 0 Å². The first kappa shape index (κ1) is 14.9. The predicted molar refractivity (Wildman–Crippen MR) is 77.9 cm³/mol. The molecule has 2 N–H and O–H groups in total. The standard InChI is InChI=1S/C15H14BrF2NO/c1-8-5-15(11(9(2)19)7-14(8)18)20-10-3-4-13(17)12(16)6-10/h3-7,9H,19H2,1-2H3/t9-/m1/s1.